The summed E-state index contributed by atoms with van der Waals surface area (Å²) in [5.74, 6) is 1.02. The molecule has 174 valence electrons. The summed E-state index contributed by atoms with van der Waals surface area (Å²) in [6, 6.07) is 7.14. The van der Waals surface area contributed by atoms with E-state index in [-0.39, 0.29) is 13.2 Å². The van der Waals surface area contributed by atoms with Crippen molar-refractivity contribution >= 4 is 33.0 Å². The normalized spacial score (nSPS) is 18.1. The van der Waals surface area contributed by atoms with Crippen LogP contribution in [0.3, 0.4) is 0 Å². The molecular weight excluding hydrogens is 446 g/mol. The fourth-order valence-corrected chi connectivity index (χ4v) is 6.67. The number of aliphatic hydroxyl groups is 1. The lowest BCUT2D eigenvalue weighted by Gasteiger charge is -2.20. The highest BCUT2D eigenvalue weighted by Crippen LogP contribution is 2.46. The molecule has 0 saturated heterocycles. The van der Waals surface area contributed by atoms with Gasteiger partial charge < -0.3 is 15.2 Å². The minimum atomic E-state index is -3.47. The van der Waals surface area contributed by atoms with Crippen LogP contribution >= 0.6 is 11.3 Å². The summed E-state index contributed by atoms with van der Waals surface area (Å²) in [6.07, 6.45) is 6.05. The Balaban J connectivity index is 1.46. The molecule has 0 spiro atoms. The van der Waals surface area contributed by atoms with Gasteiger partial charge in [0, 0.05) is 17.0 Å². The lowest BCUT2D eigenvalue weighted by Crippen LogP contribution is -2.34. The molecule has 32 heavy (non-hydrogen) atoms. The number of carbonyl (C=O) groups is 1. The van der Waals surface area contributed by atoms with E-state index in [1.165, 1.54) is 35.3 Å². The van der Waals surface area contributed by atoms with Crippen LogP contribution in [-0.4, -0.2) is 35.2 Å². The van der Waals surface area contributed by atoms with Gasteiger partial charge >= 0.3 is 6.03 Å². The van der Waals surface area contributed by atoms with Crippen molar-refractivity contribution in [3.05, 3.63) is 45.8 Å². The number of amides is 2. The molecule has 4 N–H and O–H groups in total. The third kappa shape index (κ3) is 5.33. The van der Waals surface area contributed by atoms with Gasteiger partial charge in [0.25, 0.3) is 0 Å². The number of rotatable bonds is 10. The molecule has 1 saturated carbocycles. The van der Waals surface area contributed by atoms with Crippen LogP contribution < -0.4 is 10.0 Å². The second-order valence-corrected chi connectivity index (χ2v) is 11.7. The molecule has 1 unspecified atom stereocenters. The first-order chi connectivity index (χ1) is 15.4. The number of thiophene rings is 1. The molecule has 2 aliphatic rings. The summed E-state index contributed by atoms with van der Waals surface area (Å²) in [6.45, 7) is 2.90. The fraction of sp³-hybridized carbons (Fsp3) is 0.522. The topological polar surface area (TPSA) is 112 Å². The molecule has 0 aliphatic heterocycles. The van der Waals surface area contributed by atoms with Gasteiger partial charge in [-0.25, -0.2) is 18.5 Å². The first-order valence-electron chi connectivity index (χ1n) is 11.2. The number of hydrogen-bond donors (Lipinski definition) is 4. The van der Waals surface area contributed by atoms with Crippen molar-refractivity contribution in [2.24, 2.45) is 5.92 Å². The SMILES string of the molecule is C[C@@H](c1ccc2c(c1NC(=O)NS(=N)(=O)c1ccc(CCOCCO)s1)CCC2)C1CC1. The maximum absolute atomic E-state index is 13.0. The Morgan fingerprint density at radius 1 is 1.28 bits per heavy atom. The average Bonchev–Trinajstić information content (AvgIpc) is 3.29. The highest BCUT2D eigenvalue weighted by atomic mass is 32.2. The summed E-state index contributed by atoms with van der Waals surface area (Å²) in [4.78, 5) is 13.8. The van der Waals surface area contributed by atoms with Gasteiger partial charge in [-0.1, -0.05) is 19.1 Å². The Hall–Kier alpha value is -1.94. The molecule has 4 rings (SSSR count). The molecule has 0 bridgehead atoms. The van der Waals surface area contributed by atoms with Crippen molar-refractivity contribution in [1.29, 1.82) is 4.78 Å². The number of anilines is 1. The summed E-state index contributed by atoms with van der Waals surface area (Å²) in [5, 5.41) is 11.7. The van der Waals surface area contributed by atoms with E-state index in [1.807, 2.05) is 0 Å². The lowest BCUT2D eigenvalue weighted by atomic mass is 9.91. The molecular formula is C23H31N3O4S2. The number of fused-ring (bicyclic) bond motifs is 1. The third-order valence-corrected chi connectivity index (χ3v) is 9.33. The Morgan fingerprint density at radius 2 is 2.09 bits per heavy atom. The van der Waals surface area contributed by atoms with Gasteiger partial charge in [-0.3, -0.25) is 0 Å². The largest absolute Gasteiger partial charge is 0.394 e. The smallest absolute Gasteiger partial charge is 0.331 e. The number of benzene rings is 1. The van der Waals surface area contributed by atoms with E-state index in [9.17, 15) is 9.00 Å². The maximum Gasteiger partial charge on any atom is 0.331 e. The third-order valence-electron chi connectivity index (χ3n) is 6.26. The molecule has 1 heterocycles. The van der Waals surface area contributed by atoms with E-state index in [4.69, 9.17) is 14.6 Å². The quantitative estimate of drug-likeness (QED) is 0.379. The molecule has 7 nitrogen and oxygen atoms in total. The summed E-state index contributed by atoms with van der Waals surface area (Å²) >= 11 is 1.24. The van der Waals surface area contributed by atoms with Crippen LogP contribution in [-0.2, 0) is 33.9 Å². The second-order valence-electron chi connectivity index (χ2n) is 8.57. The minimum Gasteiger partial charge on any atom is -0.394 e. The van der Waals surface area contributed by atoms with Gasteiger partial charge in [0.2, 0.25) is 0 Å². The highest BCUT2D eigenvalue weighted by Gasteiger charge is 2.32. The van der Waals surface area contributed by atoms with Crippen LogP contribution in [0.1, 0.15) is 53.7 Å². The Morgan fingerprint density at radius 3 is 2.84 bits per heavy atom. The standard InChI is InChI=1S/C23H31N3O4S2/c1-15(16-5-6-16)19-9-7-17-3-2-4-20(17)22(19)25-23(28)26-32(24,29)21-10-8-18(31-21)11-13-30-14-12-27/h7-10,15-16,27H,2-6,11-14H2,1H3,(H3,24,25,26,28,29)/t15-,32?/m1/s1. The monoisotopic (exact) mass is 477 g/mol. The number of carbonyl (C=O) groups excluding carboxylic acids is 1. The summed E-state index contributed by atoms with van der Waals surface area (Å²) in [7, 11) is -3.47. The number of ether oxygens (including phenoxy) is 1. The minimum absolute atomic E-state index is 0.0268. The molecule has 1 aromatic heterocycles. The van der Waals surface area contributed by atoms with Crippen molar-refractivity contribution < 1.29 is 18.8 Å². The number of urea groups is 1. The van der Waals surface area contributed by atoms with Crippen molar-refractivity contribution in [1.82, 2.24) is 4.72 Å². The van der Waals surface area contributed by atoms with E-state index in [2.05, 4.69) is 29.1 Å². The maximum atomic E-state index is 13.0. The van der Waals surface area contributed by atoms with Gasteiger partial charge in [-0.2, -0.15) is 0 Å². The van der Waals surface area contributed by atoms with Gasteiger partial charge in [0.1, 0.15) is 4.21 Å². The zero-order chi connectivity index (χ0) is 22.7. The van der Waals surface area contributed by atoms with Crippen molar-refractivity contribution in [2.75, 3.05) is 25.1 Å². The van der Waals surface area contributed by atoms with Crippen molar-refractivity contribution in [3.63, 3.8) is 0 Å². The van der Waals surface area contributed by atoms with Crippen molar-refractivity contribution in [3.8, 4) is 0 Å². The Kier molecular flexibility index (Phi) is 7.19. The second kappa shape index (κ2) is 9.91. The highest BCUT2D eigenvalue weighted by molar-refractivity contribution is 7.93. The molecule has 1 fully saturated rings. The molecule has 2 amide bonds. The number of aryl methyl sites for hydroxylation is 1. The van der Waals surface area contributed by atoms with E-state index in [0.29, 0.717) is 29.1 Å². The van der Waals surface area contributed by atoms with Gasteiger partial charge in [-0.05, 0) is 72.8 Å². The van der Waals surface area contributed by atoms with Crippen LogP contribution in [0, 0.1) is 10.7 Å². The summed E-state index contributed by atoms with van der Waals surface area (Å²) in [5.41, 5.74) is 4.44. The molecule has 2 atom stereocenters. The molecule has 9 heteroatoms. The van der Waals surface area contributed by atoms with Crippen molar-refractivity contribution in [2.45, 2.75) is 55.6 Å². The molecule has 2 aliphatic carbocycles. The van der Waals surface area contributed by atoms with Crippen LogP contribution in [0.2, 0.25) is 0 Å². The number of aliphatic hydroxyl groups excluding tert-OH is 1. The van der Waals surface area contributed by atoms with Crippen LogP contribution in [0.4, 0.5) is 10.5 Å². The van der Waals surface area contributed by atoms with Gasteiger partial charge in [0.15, 0.2) is 9.92 Å². The fourth-order valence-electron chi connectivity index (χ4n) is 4.37. The zero-order valence-corrected chi connectivity index (χ0v) is 19.9. The predicted molar refractivity (Wildman–Crippen MR) is 127 cm³/mol. The van der Waals surface area contributed by atoms with Gasteiger partial charge in [-0.15, -0.1) is 11.3 Å². The van der Waals surface area contributed by atoms with E-state index in [1.54, 1.807) is 12.1 Å². The lowest BCUT2D eigenvalue weighted by molar-refractivity contribution is 0.0947. The first-order valence-corrected chi connectivity index (χ1v) is 13.6. The van der Waals surface area contributed by atoms with Crippen LogP contribution in [0.5, 0.6) is 0 Å². The molecule has 0 radical (unpaired) electrons. The van der Waals surface area contributed by atoms with Crippen LogP contribution in [0.25, 0.3) is 0 Å². The molecule has 1 aromatic carbocycles. The molecule has 2 aromatic rings. The number of hydrogen-bond acceptors (Lipinski definition) is 6. The van der Waals surface area contributed by atoms with Gasteiger partial charge in [0.05, 0.1) is 19.8 Å². The van der Waals surface area contributed by atoms with Crippen LogP contribution in [0.15, 0.2) is 28.5 Å². The van der Waals surface area contributed by atoms with E-state index in [0.717, 1.165) is 35.4 Å². The first kappa shape index (κ1) is 23.2. The average molecular weight is 478 g/mol. The Bertz CT molecular complexity index is 1080. The van der Waals surface area contributed by atoms with E-state index < -0.39 is 15.9 Å². The Labute approximate surface area is 193 Å². The zero-order valence-electron chi connectivity index (χ0n) is 18.3. The van der Waals surface area contributed by atoms with E-state index >= 15 is 0 Å². The predicted octanol–water partition coefficient (Wildman–Crippen LogP) is 4.44. The summed E-state index contributed by atoms with van der Waals surface area (Å²) < 4.78 is 29.3. The number of nitrogens with one attached hydrogen (secondary N) is 3.